The first kappa shape index (κ1) is 25.1. The van der Waals surface area contributed by atoms with Gasteiger partial charge in [0.05, 0.1) is 21.6 Å². The van der Waals surface area contributed by atoms with E-state index in [1.807, 2.05) is 0 Å². The molecule has 0 radical (unpaired) electrons. The van der Waals surface area contributed by atoms with Crippen molar-refractivity contribution in [2.24, 2.45) is 0 Å². The maximum Gasteiger partial charge on any atom is 0.247 e. The van der Waals surface area contributed by atoms with Gasteiger partial charge in [-0.2, -0.15) is 0 Å². The van der Waals surface area contributed by atoms with Gasteiger partial charge >= 0.3 is 0 Å². The van der Waals surface area contributed by atoms with Crippen molar-refractivity contribution in [2.45, 2.75) is 38.5 Å². The summed E-state index contributed by atoms with van der Waals surface area (Å²) >= 11 is 0. The number of Topliss-reactive ketones (excluding diaryl/α,β-unsaturated/α-hetero) is 1. The van der Waals surface area contributed by atoms with Crippen LogP contribution in [0.5, 0.6) is 5.75 Å². The number of H-pyrrole nitrogens is 1. The quantitative estimate of drug-likeness (QED) is 0.460. The fourth-order valence-corrected chi connectivity index (χ4v) is 5.05. The van der Waals surface area contributed by atoms with Crippen LogP contribution < -0.4 is 20.8 Å². The van der Waals surface area contributed by atoms with Gasteiger partial charge in [-0.3, -0.25) is 14.4 Å². The van der Waals surface area contributed by atoms with E-state index in [1.165, 1.54) is 18.3 Å². The van der Waals surface area contributed by atoms with E-state index >= 15 is 0 Å². The lowest BCUT2D eigenvalue weighted by atomic mass is 9.97. The molecule has 0 aliphatic carbocycles. The van der Waals surface area contributed by atoms with Gasteiger partial charge in [0.25, 0.3) is 0 Å². The van der Waals surface area contributed by atoms with Crippen molar-refractivity contribution in [2.75, 3.05) is 7.11 Å². The lowest BCUT2D eigenvalue weighted by Gasteiger charge is -2.20. The van der Waals surface area contributed by atoms with Gasteiger partial charge in [-0.1, -0.05) is 50.0 Å². The number of rotatable bonds is 9. The number of methoxy groups -OCH3 is 1. The van der Waals surface area contributed by atoms with Crippen molar-refractivity contribution >= 4 is 25.0 Å². The molecule has 0 saturated heterocycles. The van der Waals surface area contributed by atoms with E-state index in [4.69, 9.17) is 4.74 Å². The Morgan fingerprint density at radius 3 is 2.24 bits per heavy atom. The third-order valence-corrected chi connectivity index (χ3v) is 7.53. The van der Waals surface area contributed by atoms with Crippen molar-refractivity contribution < 1.29 is 18.7 Å². The molecule has 2 aromatic carbocycles. The Morgan fingerprint density at radius 1 is 1.00 bits per heavy atom. The summed E-state index contributed by atoms with van der Waals surface area (Å²) in [5, 5.41) is 3.51. The number of nitrogens with one attached hydrogen (secondary N) is 2. The van der Waals surface area contributed by atoms with Gasteiger partial charge in [0.2, 0.25) is 11.5 Å². The Balaban J connectivity index is 1.82. The van der Waals surface area contributed by atoms with Crippen LogP contribution in [0.3, 0.4) is 0 Å². The number of amides is 1. The standard InChI is InChI=1S/C26H29FN2O4Si/c1-33-20-9-7-19(8-10-20)26(29-25(32)15-18-6-12-24(31)28-16-18)22(30)14-17-5-11-23(21(27)13-17)34(2,3)4/h5-13,16,26H,14-15H2,1-4H3,(H,28,31)(H,29,32). The van der Waals surface area contributed by atoms with Crippen molar-refractivity contribution in [1.82, 2.24) is 10.3 Å². The molecule has 0 aliphatic rings. The molecule has 1 amide bonds. The molecule has 0 saturated carbocycles. The Morgan fingerprint density at radius 2 is 1.68 bits per heavy atom. The van der Waals surface area contributed by atoms with Crippen LogP contribution in [0, 0.1) is 5.82 Å². The smallest absolute Gasteiger partial charge is 0.247 e. The molecule has 1 atom stereocenters. The Labute approximate surface area is 199 Å². The second-order valence-corrected chi connectivity index (χ2v) is 14.3. The number of aromatic amines is 1. The molecule has 1 heterocycles. The lowest BCUT2D eigenvalue weighted by molar-refractivity contribution is -0.127. The first-order valence-corrected chi connectivity index (χ1v) is 14.5. The van der Waals surface area contributed by atoms with Crippen LogP contribution in [-0.2, 0) is 22.4 Å². The summed E-state index contributed by atoms with van der Waals surface area (Å²) < 4.78 is 19.9. The second kappa shape index (κ2) is 10.6. The predicted octanol–water partition coefficient (Wildman–Crippen LogP) is 3.28. The van der Waals surface area contributed by atoms with Gasteiger partial charge in [-0.25, -0.2) is 4.39 Å². The zero-order valence-corrected chi connectivity index (χ0v) is 20.8. The van der Waals surface area contributed by atoms with Gasteiger partial charge in [-0.15, -0.1) is 0 Å². The largest absolute Gasteiger partial charge is 0.497 e. The summed E-state index contributed by atoms with van der Waals surface area (Å²) in [7, 11) is -0.294. The van der Waals surface area contributed by atoms with E-state index in [2.05, 4.69) is 29.9 Å². The number of hydrogen-bond donors (Lipinski definition) is 2. The van der Waals surface area contributed by atoms with Crippen molar-refractivity contribution in [1.29, 1.82) is 0 Å². The van der Waals surface area contributed by atoms with Crippen LogP contribution in [0.25, 0.3) is 0 Å². The fourth-order valence-electron chi connectivity index (χ4n) is 3.68. The number of halogens is 1. The Hall–Kier alpha value is -3.52. The number of carbonyl (C=O) groups excluding carboxylic acids is 2. The van der Waals surface area contributed by atoms with Crippen molar-refractivity contribution in [3.8, 4) is 5.75 Å². The highest BCUT2D eigenvalue weighted by Crippen LogP contribution is 2.21. The fraction of sp³-hybridized carbons (Fsp3) is 0.269. The molecule has 0 spiro atoms. The molecule has 34 heavy (non-hydrogen) atoms. The molecule has 178 valence electrons. The molecule has 3 aromatic rings. The zero-order valence-electron chi connectivity index (χ0n) is 19.8. The highest BCUT2D eigenvalue weighted by molar-refractivity contribution is 6.88. The van der Waals surface area contributed by atoms with Gasteiger partial charge in [0.15, 0.2) is 5.78 Å². The maximum atomic E-state index is 14.7. The molecular weight excluding hydrogens is 451 g/mol. The number of benzene rings is 2. The van der Waals surface area contributed by atoms with Gasteiger partial charge < -0.3 is 15.0 Å². The summed E-state index contributed by atoms with van der Waals surface area (Å²) in [6.07, 6.45) is 1.43. The topological polar surface area (TPSA) is 88.3 Å². The number of carbonyl (C=O) groups is 2. The summed E-state index contributed by atoms with van der Waals surface area (Å²) in [5.41, 5.74) is 1.50. The van der Waals surface area contributed by atoms with E-state index in [9.17, 15) is 18.8 Å². The summed E-state index contributed by atoms with van der Waals surface area (Å²) in [5.74, 6) is -0.312. The van der Waals surface area contributed by atoms with Crippen LogP contribution in [0.1, 0.15) is 22.7 Å². The van der Waals surface area contributed by atoms with Crippen LogP contribution >= 0.6 is 0 Å². The number of aromatic nitrogens is 1. The van der Waals surface area contributed by atoms with E-state index in [0.717, 1.165) is 0 Å². The van der Waals surface area contributed by atoms with E-state index in [-0.39, 0.29) is 35.9 Å². The average Bonchev–Trinajstić information content (AvgIpc) is 2.78. The number of ether oxygens (including phenoxy) is 1. The molecule has 2 N–H and O–H groups in total. The number of hydrogen-bond acceptors (Lipinski definition) is 4. The molecule has 1 aromatic heterocycles. The first-order valence-electron chi connectivity index (χ1n) is 11.0. The second-order valence-electron chi connectivity index (χ2n) is 9.22. The van der Waals surface area contributed by atoms with Crippen LogP contribution in [0.2, 0.25) is 19.6 Å². The molecular formula is C26H29FN2O4Si. The molecule has 8 heteroatoms. The predicted molar refractivity (Wildman–Crippen MR) is 133 cm³/mol. The minimum absolute atomic E-state index is 0.00372. The monoisotopic (exact) mass is 480 g/mol. The number of ketones is 1. The van der Waals surface area contributed by atoms with Gasteiger partial charge in [-0.05, 0) is 40.1 Å². The normalized spacial score (nSPS) is 12.1. The van der Waals surface area contributed by atoms with E-state index < -0.39 is 14.1 Å². The van der Waals surface area contributed by atoms with E-state index in [1.54, 1.807) is 49.6 Å². The first-order chi connectivity index (χ1) is 16.1. The molecule has 0 fully saturated rings. The molecule has 0 bridgehead atoms. The third-order valence-electron chi connectivity index (χ3n) is 5.51. The molecule has 3 rings (SSSR count). The van der Waals surface area contributed by atoms with Crippen molar-refractivity contribution in [3.63, 3.8) is 0 Å². The minimum Gasteiger partial charge on any atom is -0.497 e. The Bertz CT molecular complexity index is 1210. The van der Waals surface area contributed by atoms with Gasteiger partial charge in [0, 0.05) is 18.7 Å². The van der Waals surface area contributed by atoms with E-state index in [0.29, 0.717) is 27.6 Å². The highest BCUT2D eigenvalue weighted by Gasteiger charge is 2.25. The summed E-state index contributed by atoms with van der Waals surface area (Å²) in [6.45, 7) is 6.19. The zero-order chi connectivity index (χ0) is 24.9. The summed E-state index contributed by atoms with van der Waals surface area (Å²) in [4.78, 5) is 39.8. The van der Waals surface area contributed by atoms with Gasteiger partial charge in [0.1, 0.15) is 17.6 Å². The summed E-state index contributed by atoms with van der Waals surface area (Å²) in [6, 6.07) is 13.8. The third kappa shape index (κ3) is 6.51. The van der Waals surface area contributed by atoms with Crippen LogP contribution in [0.15, 0.2) is 65.6 Å². The van der Waals surface area contributed by atoms with Crippen molar-refractivity contribution in [3.05, 3.63) is 93.7 Å². The minimum atomic E-state index is -1.84. The highest BCUT2D eigenvalue weighted by atomic mass is 28.3. The molecule has 6 nitrogen and oxygen atoms in total. The molecule has 1 unspecified atom stereocenters. The maximum absolute atomic E-state index is 14.7. The average molecular weight is 481 g/mol. The SMILES string of the molecule is COc1ccc(C(NC(=O)Cc2ccc(=O)[nH]c2)C(=O)Cc2ccc([Si](C)(C)C)c(F)c2)cc1. The number of pyridine rings is 1. The lowest BCUT2D eigenvalue weighted by Crippen LogP contribution is -2.40. The van der Waals surface area contributed by atoms with Crippen LogP contribution in [0.4, 0.5) is 4.39 Å². The Kier molecular flexibility index (Phi) is 7.83. The van der Waals surface area contributed by atoms with Crippen LogP contribution in [-0.4, -0.2) is 31.9 Å². The molecule has 0 aliphatic heterocycles.